The molecule has 0 aliphatic rings. The zero-order valence-corrected chi connectivity index (χ0v) is 37.0. The van der Waals surface area contributed by atoms with Crippen LogP contribution in [0.2, 0.25) is 17.3 Å². The maximum atomic E-state index is 6.43. The van der Waals surface area contributed by atoms with Gasteiger partial charge in [0, 0.05) is 31.7 Å². The van der Waals surface area contributed by atoms with Crippen LogP contribution in [0.4, 0.5) is 0 Å². The van der Waals surface area contributed by atoms with Crippen molar-refractivity contribution >= 4 is 50.4 Å². The molecule has 3 nitrogen and oxygen atoms in total. The molecule has 275 valence electrons. The quantitative estimate of drug-likeness (QED) is 0.123. The zero-order chi connectivity index (χ0) is 37.3. The number of rotatable bonds is 6. The average molecular weight is 946 g/mol. The molecule has 0 amide bonds. The van der Waals surface area contributed by atoms with Gasteiger partial charge < -0.3 is 9.40 Å². The van der Waals surface area contributed by atoms with Gasteiger partial charge >= 0.3 is 123 Å². The second kappa shape index (κ2) is 16.2. The van der Waals surface area contributed by atoms with Gasteiger partial charge in [0.15, 0.2) is 0 Å². The van der Waals surface area contributed by atoms with E-state index in [4.69, 9.17) is 4.42 Å². The topological polar surface area (TPSA) is 38.9 Å². The van der Waals surface area contributed by atoms with Crippen LogP contribution in [0.25, 0.3) is 66.4 Å². The second-order valence-electron chi connectivity index (χ2n) is 16.5. The maximum Gasteiger partial charge on any atom is 0 e. The van der Waals surface area contributed by atoms with Gasteiger partial charge in [-0.05, 0) is 52.3 Å². The molecule has 0 N–H and O–H groups in total. The van der Waals surface area contributed by atoms with Gasteiger partial charge in [0.1, 0.15) is 5.58 Å². The van der Waals surface area contributed by atoms with Gasteiger partial charge in [0.25, 0.3) is 0 Å². The molecule has 5 aromatic carbocycles. The molecule has 5 heteroatoms. The first-order chi connectivity index (χ1) is 25.3. The Bertz CT molecular complexity index is 2520. The normalized spacial score (nSPS) is 11.8. The summed E-state index contributed by atoms with van der Waals surface area (Å²) < 4.78 is 7.87. The Kier molecular flexibility index (Phi) is 11.8. The molecule has 54 heavy (non-hydrogen) atoms. The fourth-order valence-corrected chi connectivity index (χ4v) is 9.02. The van der Waals surface area contributed by atoms with Gasteiger partial charge in [-0.2, -0.15) is 0 Å². The summed E-state index contributed by atoms with van der Waals surface area (Å²) in [6.45, 7) is 11.2. The first-order valence-corrected chi connectivity index (χ1v) is 26.0. The van der Waals surface area contributed by atoms with Crippen LogP contribution in [0.5, 0.6) is 0 Å². The summed E-state index contributed by atoms with van der Waals surface area (Å²) in [6.07, 6.45) is 4.98. The Balaban J connectivity index is 0.000000203. The van der Waals surface area contributed by atoms with E-state index in [-0.39, 0.29) is 25.5 Å². The molecule has 0 aliphatic heterocycles. The van der Waals surface area contributed by atoms with E-state index in [0.29, 0.717) is 5.92 Å². The summed E-state index contributed by atoms with van der Waals surface area (Å²) in [4.78, 5) is 9.32. The molecule has 0 spiro atoms. The molecule has 8 aromatic rings. The van der Waals surface area contributed by atoms with Gasteiger partial charge in [-0.15, -0.1) is 18.2 Å². The number of benzene rings is 5. The van der Waals surface area contributed by atoms with Crippen molar-refractivity contribution in [3.63, 3.8) is 0 Å². The molecular weight excluding hydrogens is 897 g/mol. The summed E-state index contributed by atoms with van der Waals surface area (Å²) in [5.74, 6) is 7.77. The van der Waals surface area contributed by atoms with Gasteiger partial charge in [-0.3, -0.25) is 0 Å². The Hall–Kier alpha value is -4.35. The minimum Gasteiger partial charge on any atom is 0 e. The number of fused-ring (bicyclic) bond motifs is 4. The third-order valence-corrected chi connectivity index (χ3v) is 14.1. The number of pyridine rings is 2. The van der Waals surface area contributed by atoms with Crippen molar-refractivity contribution in [1.29, 1.82) is 0 Å². The molecule has 3 heterocycles. The van der Waals surface area contributed by atoms with Crippen LogP contribution in [0.3, 0.4) is 0 Å². The van der Waals surface area contributed by atoms with E-state index < -0.39 is 13.3 Å². The van der Waals surface area contributed by atoms with Crippen molar-refractivity contribution in [2.45, 2.75) is 63.7 Å². The SMILES string of the molecule is CC(C)Cc1ccnc(-c2[c-]ccc3c2oc2cc(-c4ccc(C(C)(C)C)cc4)ccc23)c1.[CH3][Ge]([CH3])([CH3])[c]1ccc(-c2[c-]ccc3ccccc23)nc1.[Ir]. The minimum atomic E-state index is -1.78. The number of furan rings is 1. The van der Waals surface area contributed by atoms with Crippen LogP contribution < -0.4 is 4.40 Å². The van der Waals surface area contributed by atoms with Crippen molar-refractivity contribution in [2.24, 2.45) is 5.92 Å². The van der Waals surface area contributed by atoms with Crippen molar-refractivity contribution in [3.05, 3.63) is 151 Å². The maximum absolute atomic E-state index is 6.43. The molecule has 0 aliphatic carbocycles. The predicted molar refractivity (Wildman–Crippen MR) is 227 cm³/mol. The fraction of sp³-hybridized carbons (Fsp3) is 0.224. The van der Waals surface area contributed by atoms with Crippen LogP contribution in [-0.2, 0) is 31.9 Å². The second-order valence-corrected chi connectivity index (χ2v) is 27.2. The third-order valence-electron chi connectivity index (χ3n) is 9.85. The number of hydrogen-bond acceptors (Lipinski definition) is 3. The van der Waals surface area contributed by atoms with E-state index in [1.54, 1.807) is 0 Å². The summed E-state index contributed by atoms with van der Waals surface area (Å²) in [5.41, 5.74) is 10.8. The average Bonchev–Trinajstić information content (AvgIpc) is 3.52. The smallest absolute Gasteiger partial charge is 0 e. The third kappa shape index (κ3) is 8.63. The molecule has 0 saturated carbocycles. The fourth-order valence-electron chi connectivity index (χ4n) is 6.84. The van der Waals surface area contributed by atoms with Crippen LogP contribution in [0, 0.1) is 18.1 Å². The molecule has 1 radical (unpaired) electrons. The standard InChI is InChI=1S/C31H30NO.C18H18GeN.Ir/c1-20(2)17-21-15-16-32-28(18-21)27-8-6-7-26-25-14-11-23(19-29(25)33-30(26)27)22-9-12-24(13-10-22)31(3,4)5;1-19(2,3)15-11-12-18(20-13-15)17-10-6-8-14-7-4-5-9-16(14)17;/h6-7,9-16,18-20H,17H2,1-5H3;4-9,11-13H,1-3H3;/q2*-1;. The van der Waals surface area contributed by atoms with E-state index in [2.05, 4.69) is 183 Å². The summed E-state index contributed by atoms with van der Waals surface area (Å²) in [7, 11) is 0. The summed E-state index contributed by atoms with van der Waals surface area (Å²) >= 11 is -1.78. The predicted octanol–water partition coefficient (Wildman–Crippen LogP) is 12.9. The molecule has 0 atom stereocenters. The van der Waals surface area contributed by atoms with Crippen LogP contribution in [-0.4, -0.2) is 23.2 Å². The molecule has 0 unspecified atom stereocenters. The monoisotopic (exact) mass is 947 g/mol. The first-order valence-electron chi connectivity index (χ1n) is 18.6. The molecular formula is C49H48GeIrN2O-2. The van der Waals surface area contributed by atoms with E-state index in [1.165, 1.54) is 31.9 Å². The van der Waals surface area contributed by atoms with Crippen molar-refractivity contribution in [2.75, 3.05) is 0 Å². The molecule has 3 aromatic heterocycles. The number of hydrogen-bond donors (Lipinski definition) is 0. The number of nitrogens with zero attached hydrogens (tertiary/aromatic N) is 2. The van der Waals surface area contributed by atoms with Crippen LogP contribution >= 0.6 is 0 Å². The Morgan fingerprint density at radius 1 is 0.685 bits per heavy atom. The molecule has 8 rings (SSSR count). The zero-order valence-electron chi connectivity index (χ0n) is 32.5. The Labute approximate surface area is 337 Å². The van der Waals surface area contributed by atoms with Gasteiger partial charge in [0.2, 0.25) is 0 Å². The van der Waals surface area contributed by atoms with E-state index >= 15 is 0 Å². The van der Waals surface area contributed by atoms with Crippen molar-refractivity contribution in [1.82, 2.24) is 9.97 Å². The van der Waals surface area contributed by atoms with Crippen LogP contribution in [0.15, 0.2) is 132 Å². The number of aromatic nitrogens is 2. The molecule has 0 saturated heterocycles. The Morgan fingerprint density at radius 2 is 1.41 bits per heavy atom. The summed E-state index contributed by atoms with van der Waals surface area (Å²) in [6, 6.07) is 47.3. The van der Waals surface area contributed by atoms with E-state index in [9.17, 15) is 0 Å². The van der Waals surface area contributed by atoms with Crippen LogP contribution in [0.1, 0.15) is 45.7 Å². The molecule has 0 fully saturated rings. The van der Waals surface area contributed by atoms with Crippen molar-refractivity contribution < 1.29 is 24.5 Å². The van der Waals surface area contributed by atoms with Gasteiger partial charge in [-0.1, -0.05) is 93.6 Å². The minimum absolute atomic E-state index is 0. The first kappa shape index (κ1) is 39.3. The summed E-state index contributed by atoms with van der Waals surface area (Å²) in [5, 5.41) is 4.67. The van der Waals surface area contributed by atoms with E-state index in [1.807, 2.05) is 18.3 Å². The van der Waals surface area contributed by atoms with Crippen molar-refractivity contribution in [3.8, 4) is 33.6 Å². The van der Waals surface area contributed by atoms with Gasteiger partial charge in [0.05, 0.1) is 5.58 Å². The van der Waals surface area contributed by atoms with Gasteiger partial charge in [-0.25, -0.2) is 0 Å². The molecule has 0 bridgehead atoms. The largest absolute Gasteiger partial charge is 0 e. The van der Waals surface area contributed by atoms with E-state index in [0.717, 1.165) is 56.4 Å². The Morgan fingerprint density at radius 3 is 2.11 bits per heavy atom.